The van der Waals surface area contributed by atoms with Crippen LogP contribution in [0.2, 0.25) is 0 Å². The second kappa shape index (κ2) is 9.01. The van der Waals surface area contributed by atoms with E-state index in [4.69, 9.17) is 4.74 Å². The molecular weight excluding hydrogens is 364 g/mol. The van der Waals surface area contributed by atoms with Gasteiger partial charge in [0.2, 0.25) is 5.91 Å². The Bertz CT molecular complexity index is 893. The molecule has 0 aliphatic carbocycles. The largest absolute Gasteiger partial charge is 0.383 e. The average Bonchev–Trinajstić information content (AvgIpc) is 2.61. The van der Waals surface area contributed by atoms with E-state index in [2.05, 4.69) is 5.32 Å². The van der Waals surface area contributed by atoms with Crippen molar-refractivity contribution in [2.45, 2.75) is 25.7 Å². The van der Waals surface area contributed by atoms with Crippen LogP contribution in [-0.2, 0) is 19.6 Å². The Kier molecular flexibility index (Phi) is 6.98. The van der Waals surface area contributed by atoms with E-state index in [0.717, 1.165) is 21.0 Å². The number of anilines is 1. The van der Waals surface area contributed by atoms with Gasteiger partial charge in [0.15, 0.2) is 0 Å². The number of sulfonamides is 1. The number of amides is 1. The summed E-state index contributed by atoms with van der Waals surface area (Å²) in [5.41, 5.74) is 3.26. The smallest absolute Gasteiger partial charge is 0.264 e. The fourth-order valence-electron chi connectivity index (χ4n) is 2.70. The molecule has 0 heterocycles. The van der Waals surface area contributed by atoms with Crippen LogP contribution in [0.5, 0.6) is 0 Å². The quantitative estimate of drug-likeness (QED) is 0.703. The van der Waals surface area contributed by atoms with Crippen molar-refractivity contribution in [1.29, 1.82) is 0 Å². The zero-order chi connectivity index (χ0) is 20.0. The highest BCUT2D eigenvalue weighted by Crippen LogP contribution is 2.27. The van der Waals surface area contributed by atoms with Crippen molar-refractivity contribution in [2.75, 3.05) is 31.1 Å². The minimum Gasteiger partial charge on any atom is -0.383 e. The number of nitrogens with zero attached hydrogens (tertiary/aromatic N) is 1. The number of hydrogen-bond acceptors (Lipinski definition) is 4. The minimum atomic E-state index is -3.89. The number of methoxy groups -OCH3 is 1. The predicted octanol–water partition coefficient (Wildman–Crippen LogP) is 2.57. The van der Waals surface area contributed by atoms with Crippen LogP contribution < -0.4 is 9.62 Å². The standard InChI is InChI=1S/C20H26N2O4S/c1-15-5-8-18(9-6-15)27(24,25)22(14-20(23)21-11-12-26-4)19-10-7-16(2)13-17(19)3/h5-10,13H,11-12,14H2,1-4H3,(H,21,23). The van der Waals surface area contributed by atoms with Gasteiger partial charge in [-0.1, -0.05) is 35.4 Å². The molecule has 0 bridgehead atoms. The summed E-state index contributed by atoms with van der Waals surface area (Å²) in [5, 5.41) is 2.68. The Morgan fingerprint density at radius 3 is 2.26 bits per heavy atom. The van der Waals surface area contributed by atoms with Gasteiger partial charge in [0.05, 0.1) is 17.2 Å². The van der Waals surface area contributed by atoms with Crippen LogP contribution >= 0.6 is 0 Å². The first-order valence-corrected chi connectivity index (χ1v) is 10.1. The molecule has 27 heavy (non-hydrogen) atoms. The zero-order valence-corrected chi connectivity index (χ0v) is 17.0. The lowest BCUT2D eigenvalue weighted by Gasteiger charge is -2.26. The molecule has 1 N–H and O–H groups in total. The lowest BCUT2D eigenvalue weighted by atomic mass is 10.1. The molecule has 0 saturated heterocycles. The number of hydrogen-bond donors (Lipinski definition) is 1. The van der Waals surface area contributed by atoms with Crippen molar-refractivity contribution in [3.63, 3.8) is 0 Å². The van der Waals surface area contributed by atoms with Gasteiger partial charge in [-0.25, -0.2) is 8.42 Å². The molecule has 0 radical (unpaired) electrons. The van der Waals surface area contributed by atoms with E-state index in [1.807, 2.05) is 32.9 Å². The highest BCUT2D eigenvalue weighted by Gasteiger charge is 2.28. The van der Waals surface area contributed by atoms with Gasteiger partial charge in [-0.3, -0.25) is 9.10 Å². The number of carbonyl (C=O) groups is 1. The monoisotopic (exact) mass is 390 g/mol. The van der Waals surface area contributed by atoms with Gasteiger partial charge in [-0.15, -0.1) is 0 Å². The van der Waals surface area contributed by atoms with Crippen molar-refractivity contribution < 1.29 is 17.9 Å². The molecule has 0 unspecified atom stereocenters. The van der Waals surface area contributed by atoms with Crippen LogP contribution in [0, 0.1) is 20.8 Å². The summed E-state index contributed by atoms with van der Waals surface area (Å²) in [4.78, 5) is 12.5. The molecule has 2 aromatic rings. The summed E-state index contributed by atoms with van der Waals surface area (Å²) in [6.45, 7) is 6.04. The van der Waals surface area contributed by atoms with Crippen molar-refractivity contribution in [2.24, 2.45) is 0 Å². The lowest BCUT2D eigenvalue weighted by molar-refractivity contribution is -0.119. The molecule has 0 saturated carbocycles. The maximum Gasteiger partial charge on any atom is 0.264 e. The SMILES string of the molecule is COCCNC(=O)CN(c1ccc(C)cc1C)S(=O)(=O)c1ccc(C)cc1. The van der Waals surface area contributed by atoms with Crippen LogP contribution in [0.15, 0.2) is 47.4 Å². The second-order valence-electron chi connectivity index (χ2n) is 6.46. The molecule has 6 nitrogen and oxygen atoms in total. The van der Waals surface area contributed by atoms with E-state index in [1.165, 1.54) is 7.11 Å². The summed E-state index contributed by atoms with van der Waals surface area (Å²) >= 11 is 0. The predicted molar refractivity (Wildman–Crippen MR) is 107 cm³/mol. The lowest BCUT2D eigenvalue weighted by Crippen LogP contribution is -2.42. The number of aryl methyl sites for hydroxylation is 3. The van der Waals surface area contributed by atoms with E-state index >= 15 is 0 Å². The van der Waals surface area contributed by atoms with E-state index in [9.17, 15) is 13.2 Å². The Labute approximate surface area is 161 Å². The molecule has 1 amide bonds. The summed E-state index contributed by atoms with van der Waals surface area (Å²) in [6.07, 6.45) is 0. The van der Waals surface area contributed by atoms with E-state index in [-0.39, 0.29) is 17.3 Å². The zero-order valence-electron chi connectivity index (χ0n) is 16.2. The number of carbonyl (C=O) groups excluding carboxylic acids is 1. The Morgan fingerprint density at radius 1 is 1.04 bits per heavy atom. The normalized spacial score (nSPS) is 11.3. The van der Waals surface area contributed by atoms with Gasteiger partial charge in [-0.05, 0) is 44.5 Å². The highest BCUT2D eigenvalue weighted by molar-refractivity contribution is 7.92. The Balaban J connectivity index is 2.42. The first-order chi connectivity index (χ1) is 12.8. The Hall–Kier alpha value is -2.38. The third-order valence-electron chi connectivity index (χ3n) is 4.15. The molecule has 2 aromatic carbocycles. The van der Waals surface area contributed by atoms with Crippen molar-refractivity contribution >= 4 is 21.6 Å². The topological polar surface area (TPSA) is 75.7 Å². The second-order valence-corrected chi connectivity index (χ2v) is 8.32. The van der Waals surface area contributed by atoms with Gasteiger partial charge in [-0.2, -0.15) is 0 Å². The molecule has 0 spiro atoms. The number of rotatable bonds is 8. The summed E-state index contributed by atoms with van der Waals surface area (Å²) < 4.78 is 32.6. The summed E-state index contributed by atoms with van der Waals surface area (Å²) in [6, 6.07) is 12.1. The van der Waals surface area contributed by atoms with Crippen LogP contribution in [-0.4, -0.2) is 41.1 Å². The maximum atomic E-state index is 13.3. The first-order valence-electron chi connectivity index (χ1n) is 8.68. The van der Waals surface area contributed by atoms with Crippen LogP contribution in [0.25, 0.3) is 0 Å². The van der Waals surface area contributed by atoms with Gasteiger partial charge in [0.1, 0.15) is 6.54 Å². The molecule has 7 heteroatoms. The molecule has 146 valence electrons. The van der Waals surface area contributed by atoms with E-state index < -0.39 is 10.0 Å². The number of ether oxygens (including phenoxy) is 1. The van der Waals surface area contributed by atoms with Crippen molar-refractivity contribution in [3.8, 4) is 0 Å². The number of nitrogens with one attached hydrogen (secondary N) is 1. The van der Waals surface area contributed by atoms with Gasteiger partial charge < -0.3 is 10.1 Å². The highest BCUT2D eigenvalue weighted by atomic mass is 32.2. The molecule has 2 rings (SSSR count). The van der Waals surface area contributed by atoms with Crippen molar-refractivity contribution in [3.05, 3.63) is 59.2 Å². The van der Waals surface area contributed by atoms with Crippen LogP contribution in [0.3, 0.4) is 0 Å². The third-order valence-corrected chi connectivity index (χ3v) is 5.92. The summed E-state index contributed by atoms with van der Waals surface area (Å²) in [7, 11) is -2.35. The van der Waals surface area contributed by atoms with E-state index in [0.29, 0.717) is 18.8 Å². The molecule has 0 aromatic heterocycles. The molecule has 0 aliphatic heterocycles. The Morgan fingerprint density at radius 2 is 1.67 bits per heavy atom. The van der Waals surface area contributed by atoms with Crippen LogP contribution in [0.1, 0.15) is 16.7 Å². The molecule has 0 fully saturated rings. The van der Waals surface area contributed by atoms with Crippen LogP contribution in [0.4, 0.5) is 5.69 Å². The van der Waals surface area contributed by atoms with E-state index in [1.54, 1.807) is 30.3 Å². The molecule has 0 aliphatic rings. The van der Waals surface area contributed by atoms with Gasteiger partial charge >= 0.3 is 0 Å². The fraction of sp³-hybridized carbons (Fsp3) is 0.350. The maximum absolute atomic E-state index is 13.3. The molecule has 0 atom stereocenters. The minimum absolute atomic E-state index is 0.151. The number of benzene rings is 2. The summed E-state index contributed by atoms with van der Waals surface area (Å²) in [5.74, 6) is -0.386. The first kappa shape index (κ1) is 20.9. The van der Waals surface area contributed by atoms with Gasteiger partial charge in [0, 0.05) is 13.7 Å². The average molecular weight is 391 g/mol. The molecular formula is C20H26N2O4S. The van der Waals surface area contributed by atoms with Crippen molar-refractivity contribution in [1.82, 2.24) is 5.32 Å². The van der Waals surface area contributed by atoms with Gasteiger partial charge in [0.25, 0.3) is 10.0 Å². The third kappa shape index (κ3) is 5.30. The fourth-order valence-corrected chi connectivity index (χ4v) is 4.19.